The lowest BCUT2D eigenvalue weighted by atomic mass is 10.1. The number of carbonyl (C=O) groups excluding carboxylic acids is 2. The minimum atomic E-state index is -0.0297. The van der Waals surface area contributed by atoms with Crippen LogP contribution in [0.15, 0.2) is 77.7 Å². The van der Waals surface area contributed by atoms with Gasteiger partial charge in [0, 0.05) is 18.7 Å². The van der Waals surface area contributed by atoms with Crippen molar-refractivity contribution < 1.29 is 9.59 Å². The summed E-state index contributed by atoms with van der Waals surface area (Å²) in [5.41, 5.74) is 1.81. The van der Waals surface area contributed by atoms with Gasteiger partial charge in [-0.2, -0.15) is 0 Å². The molecule has 0 atom stereocenters. The Kier molecular flexibility index (Phi) is 7.35. The lowest BCUT2D eigenvalue weighted by Crippen LogP contribution is -2.29. The van der Waals surface area contributed by atoms with Crippen molar-refractivity contribution in [2.45, 2.75) is 25.7 Å². The molecule has 0 spiro atoms. The highest BCUT2D eigenvalue weighted by molar-refractivity contribution is 8.26. The zero-order chi connectivity index (χ0) is 22.3. The van der Waals surface area contributed by atoms with Crippen molar-refractivity contribution in [3.63, 3.8) is 0 Å². The van der Waals surface area contributed by atoms with Crippen LogP contribution >= 0.6 is 24.0 Å². The van der Waals surface area contributed by atoms with E-state index in [0.29, 0.717) is 22.2 Å². The molecule has 1 aliphatic heterocycles. The first-order valence-corrected chi connectivity index (χ1v) is 11.9. The highest BCUT2D eigenvalue weighted by Gasteiger charge is 2.31. The van der Waals surface area contributed by atoms with Gasteiger partial charge in [-0.05, 0) is 47.4 Å². The summed E-state index contributed by atoms with van der Waals surface area (Å²) >= 11 is 6.75. The Morgan fingerprint density at radius 3 is 2.50 bits per heavy atom. The van der Waals surface area contributed by atoms with E-state index in [2.05, 4.69) is 11.4 Å². The Labute approximate surface area is 197 Å². The third kappa shape index (κ3) is 5.64. The molecule has 1 heterocycles. The van der Waals surface area contributed by atoms with E-state index in [-0.39, 0.29) is 11.8 Å². The van der Waals surface area contributed by atoms with Gasteiger partial charge in [-0.3, -0.25) is 14.5 Å². The molecule has 4 nitrogen and oxygen atoms in total. The lowest BCUT2D eigenvalue weighted by Gasteiger charge is -2.14. The molecular weight excluding hydrogens is 436 g/mol. The van der Waals surface area contributed by atoms with Gasteiger partial charge < -0.3 is 5.32 Å². The number of amides is 2. The van der Waals surface area contributed by atoms with Gasteiger partial charge in [-0.15, -0.1) is 0 Å². The maximum atomic E-state index is 12.7. The molecule has 1 saturated heterocycles. The summed E-state index contributed by atoms with van der Waals surface area (Å²) < 4.78 is 0.603. The first kappa shape index (κ1) is 22.2. The van der Waals surface area contributed by atoms with Crippen molar-refractivity contribution in [3.05, 3.63) is 83.3 Å². The fourth-order valence-electron chi connectivity index (χ4n) is 3.62. The van der Waals surface area contributed by atoms with Gasteiger partial charge >= 0.3 is 0 Å². The van der Waals surface area contributed by atoms with Crippen LogP contribution in [0.4, 0.5) is 5.69 Å². The SMILES string of the molecule is O=C(CCCCCN1C(=O)/C(=C/c2ccccc2)SC1=S)Nc1ccc2ccccc2c1. The maximum absolute atomic E-state index is 12.7. The second-order valence-electron chi connectivity index (χ2n) is 7.66. The van der Waals surface area contributed by atoms with E-state index in [4.69, 9.17) is 12.2 Å². The average molecular weight is 461 g/mol. The monoisotopic (exact) mass is 460 g/mol. The molecular formula is C26H24N2O2S2. The van der Waals surface area contributed by atoms with Crippen LogP contribution in [-0.2, 0) is 9.59 Å². The van der Waals surface area contributed by atoms with E-state index in [9.17, 15) is 9.59 Å². The normalized spacial score (nSPS) is 15.0. The van der Waals surface area contributed by atoms with Gasteiger partial charge in [-0.1, -0.05) is 91.1 Å². The van der Waals surface area contributed by atoms with Crippen LogP contribution in [0.5, 0.6) is 0 Å². The minimum Gasteiger partial charge on any atom is -0.326 e. The van der Waals surface area contributed by atoms with Crippen LogP contribution in [0, 0.1) is 0 Å². The zero-order valence-corrected chi connectivity index (χ0v) is 19.3. The number of hydrogen-bond acceptors (Lipinski definition) is 4. The molecule has 0 aromatic heterocycles. The second kappa shape index (κ2) is 10.6. The predicted octanol–water partition coefficient (Wildman–Crippen LogP) is 6.24. The van der Waals surface area contributed by atoms with Crippen molar-refractivity contribution in [1.82, 2.24) is 4.90 Å². The van der Waals surface area contributed by atoms with Crippen molar-refractivity contribution in [3.8, 4) is 0 Å². The number of thiocarbonyl (C=S) groups is 1. The Bertz CT molecular complexity index is 1170. The average Bonchev–Trinajstić information content (AvgIpc) is 3.06. The van der Waals surface area contributed by atoms with E-state index in [0.717, 1.165) is 41.3 Å². The molecule has 2 amide bonds. The van der Waals surface area contributed by atoms with Gasteiger partial charge in [-0.25, -0.2) is 0 Å². The summed E-state index contributed by atoms with van der Waals surface area (Å²) in [6.45, 7) is 0.586. The molecule has 1 fully saturated rings. The molecule has 0 radical (unpaired) electrons. The number of unbranched alkanes of at least 4 members (excludes halogenated alkanes) is 2. The van der Waals surface area contributed by atoms with Gasteiger partial charge in [0.05, 0.1) is 4.91 Å². The third-order valence-electron chi connectivity index (χ3n) is 5.29. The summed E-state index contributed by atoms with van der Waals surface area (Å²) in [4.78, 5) is 27.3. The van der Waals surface area contributed by atoms with Crippen molar-refractivity contribution in [2.24, 2.45) is 0 Å². The molecule has 0 aliphatic carbocycles. The van der Waals surface area contributed by atoms with E-state index in [1.165, 1.54) is 11.8 Å². The predicted molar refractivity (Wildman–Crippen MR) is 137 cm³/mol. The maximum Gasteiger partial charge on any atom is 0.266 e. The van der Waals surface area contributed by atoms with Crippen LogP contribution in [0.2, 0.25) is 0 Å². The molecule has 6 heteroatoms. The molecule has 1 N–H and O–H groups in total. The smallest absolute Gasteiger partial charge is 0.266 e. The third-order valence-corrected chi connectivity index (χ3v) is 6.67. The number of carbonyl (C=O) groups is 2. The number of fused-ring (bicyclic) bond motifs is 1. The highest BCUT2D eigenvalue weighted by Crippen LogP contribution is 2.32. The zero-order valence-electron chi connectivity index (χ0n) is 17.6. The van der Waals surface area contributed by atoms with E-state index in [1.807, 2.05) is 72.8 Å². The first-order chi connectivity index (χ1) is 15.6. The lowest BCUT2D eigenvalue weighted by molar-refractivity contribution is -0.122. The van der Waals surface area contributed by atoms with Gasteiger partial charge in [0.1, 0.15) is 4.32 Å². The highest BCUT2D eigenvalue weighted by atomic mass is 32.2. The van der Waals surface area contributed by atoms with Gasteiger partial charge in [0.25, 0.3) is 5.91 Å². The van der Waals surface area contributed by atoms with Gasteiger partial charge in [0.15, 0.2) is 0 Å². The molecule has 0 saturated carbocycles. The summed E-state index contributed by atoms with van der Waals surface area (Å²) in [6, 6.07) is 23.8. The summed E-state index contributed by atoms with van der Waals surface area (Å²) in [5, 5.41) is 5.23. The Morgan fingerprint density at radius 2 is 1.69 bits per heavy atom. The standard InChI is InChI=1S/C26H24N2O2S2/c29-24(27-22-15-14-20-11-6-7-12-21(20)18-22)13-5-2-8-16-28-25(30)23(32-26(28)31)17-19-9-3-1-4-10-19/h1,3-4,6-7,9-12,14-15,17-18H,2,5,8,13,16H2,(H,27,29)/b23-17-. The van der Waals surface area contributed by atoms with E-state index < -0.39 is 0 Å². The fourth-order valence-corrected chi connectivity index (χ4v) is 4.92. The molecule has 162 valence electrons. The minimum absolute atomic E-state index is 0.0108. The molecule has 3 aromatic carbocycles. The van der Waals surface area contributed by atoms with E-state index >= 15 is 0 Å². The molecule has 1 aliphatic rings. The van der Waals surface area contributed by atoms with Crippen LogP contribution in [0.25, 0.3) is 16.8 Å². The molecule has 3 aromatic rings. The van der Waals surface area contributed by atoms with Crippen LogP contribution in [0.1, 0.15) is 31.2 Å². The summed E-state index contributed by atoms with van der Waals surface area (Å²) in [7, 11) is 0. The molecule has 32 heavy (non-hydrogen) atoms. The van der Waals surface area contributed by atoms with Crippen molar-refractivity contribution in [1.29, 1.82) is 0 Å². The Morgan fingerprint density at radius 1 is 0.938 bits per heavy atom. The number of anilines is 1. The van der Waals surface area contributed by atoms with Gasteiger partial charge in [0.2, 0.25) is 5.91 Å². The molecule has 0 unspecified atom stereocenters. The number of benzene rings is 3. The number of nitrogens with zero attached hydrogens (tertiary/aromatic N) is 1. The summed E-state index contributed by atoms with van der Waals surface area (Å²) in [6.07, 6.45) is 4.79. The Hall–Kier alpha value is -2.96. The molecule has 0 bridgehead atoms. The topological polar surface area (TPSA) is 49.4 Å². The van der Waals surface area contributed by atoms with E-state index in [1.54, 1.807) is 4.90 Å². The fraction of sp³-hybridized carbons (Fsp3) is 0.192. The Balaban J connectivity index is 1.20. The number of thioether (sulfide) groups is 1. The number of nitrogens with one attached hydrogen (secondary N) is 1. The van der Waals surface area contributed by atoms with Crippen LogP contribution < -0.4 is 5.32 Å². The van der Waals surface area contributed by atoms with Crippen molar-refractivity contribution in [2.75, 3.05) is 11.9 Å². The quantitative estimate of drug-likeness (QED) is 0.246. The number of hydrogen-bond donors (Lipinski definition) is 1. The number of rotatable bonds is 8. The van der Waals surface area contributed by atoms with Crippen molar-refractivity contribution >= 4 is 62.7 Å². The largest absolute Gasteiger partial charge is 0.326 e. The van der Waals surface area contributed by atoms with Crippen LogP contribution in [0.3, 0.4) is 0 Å². The first-order valence-electron chi connectivity index (χ1n) is 10.7. The second-order valence-corrected chi connectivity index (χ2v) is 9.34. The molecule has 4 rings (SSSR count). The van der Waals surface area contributed by atoms with Crippen LogP contribution in [-0.4, -0.2) is 27.6 Å². The summed E-state index contributed by atoms with van der Waals surface area (Å²) in [5.74, 6) is -0.0189.